The van der Waals surface area contributed by atoms with E-state index in [2.05, 4.69) is 94.5 Å². The zero-order valence-corrected chi connectivity index (χ0v) is 19.7. The van der Waals surface area contributed by atoms with Crippen LogP contribution in [-0.4, -0.2) is 39.1 Å². The number of aromatic amines is 1. The molecule has 2 aromatic carbocycles. The molecular weight excluding hydrogens is 496 g/mol. The van der Waals surface area contributed by atoms with Crippen molar-refractivity contribution in [2.24, 2.45) is 15.9 Å². The molecular formula is C24H25BIN5. The summed E-state index contributed by atoms with van der Waals surface area (Å²) in [6, 6.07) is 19.1. The molecule has 31 heavy (non-hydrogen) atoms. The molecule has 3 unspecified atom stereocenters. The molecule has 0 saturated heterocycles. The summed E-state index contributed by atoms with van der Waals surface area (Å²) < 4.78 is 0.328. The summed E-state index contributed by atoms with van der Waals surface area (Å²) >= 11 is 2.63. The lowest BCUT2D eigenvalue weighted by Crippen LogP contribution is -2.36. The number of fused-ring (bicyclic) bond motifs is 1. The van der Waals surface area contributed by atoms with Crippen molar-refractivity contribution in [2.75, 3.05) is 5.32 Å². The summed E-state index contributed by atoms with van der Waals surface area (Å²) in [5, 5.41) is 10.6. The van der Waals surface area contributed by atoms with Gasteiger partial charge in [0.2, 0.25) is 0 Å². The molecule has 1 aliphatic carbocycles. The number of nitrogens with one attached hydrogen (secondary N) is 2. The molecule has 0 amide bonds. The van der Waals surface area contributed by atoms with Gasteiger partial charge in [-0.2, -0.15) is 5.10 Å². The molecule has 3 aromatic rings. The summed E-state index contributed by atoms with van der Waals surface area (Å²) in [4.78, 5) is 10.1. The number of hydrogen-bond donors (Lipinski definition) is 2. The number of nitrogens with zero attached hydrogens (tertiary/aromatic N) is 3. The summed E-state index contributed by atoms with van der Waals surface area (Å²) in [7, 11) is 2.37. The largest absolute Gasteiger partial charge is 0.343 e. The first-order valence-corrected chi connectivity index (χ1v) is 11.9. The number of anilines is 1. The Kier molecular flexibility index (Phi) is 5.69. The highest BCUT2D eigenvalue weighted by Gasteiger charge is 2.37. The molecule has 3 atom stereocenters. The predicted molar refractivity (Wildman–Crippen MR) is 139 cm³/mol. The highest BCUT2D eigenvalue weighted by atomic mass is 127. The fourth-order valence-electron chi connectivity index (χ4n) is 4.43. The van der Waals surface area contributed by atoms with Gasteiger partial charge in [-0.05, 0) is 46.7 Å². The molecule has 0 bridgehead atoms. The molecule has 2 heterocycles. The summed E-state index contributed by atoms with van der Waals surface area (Å²) in [5.41, 5.74) is 4.37. The summed E-state index contributed by atoms with van der Waals surface area (Å²) in [5.74, 6) is 2.22. The normalized spacial score (nSPS) is 25.7. The van der Waals surface area contributed by atoms with Crippen molar-refractivity contribution in [3.05, 3.63) is 72.6 Å². The number of H-pyrrole nitrogens is 1. The zero-order chi connectivity index (χ0) is 21.3. The third-order valence-corrected chi connectivity index (χ3v) is 7.37. The topological polar surface area (TPSA) is 65.4 Å². The van der Waals surface area contributed by atoms with Crippen LogP contribution in [0.15, 0.2) is 77.0 Å². The Balaban J connectivity index is 1.45. The van der Waals surface area contributed by atoms with E-state index in [0.717, 1.165) is 46.9 Å². The molecule has 0 spiro atoms. The minimum absolute atomic E-state index is 0.275. The van der Waals surface area contributed by atoms with Gasteiger partial charge in [-0.1, -0.05) is 65.1 Å². The Hall–Kier alpha value is -2.42. The van der Waals surface area contributed by atoms with Gasteiger partial charge < -0.3 is 5.32 Å². The van der Waals surface area contributed by atoms with Gasteiger partial charge in [-0.25, -0.2) is 4.99 Å². The first kappa shape index (κ1) is 20.5. The van der Waals surface area contributed by atoms with Gasteiger partial charge >= 0.3 is 0 Å². The van der Waals surface area contributed by atoms with Crippen molar-refractivity contribution >= 4 is 47.8 Å². The van der Waals surface area contributed by atoms with Gasteiger partial charge in [0.25, 0.3) is 0 Å². The molecule has 1 saturated carbocycles. The maximum atomic E-state index is 5.11. The van der Waals surface area contributed by atoms with Crippen LogP contribution in [0.4, 0.5) is 5.69 Å². The molecule has 2 aliphatic rings. The van der Waals surface area contributed by atoms with E-state index >= 15 is 0 Å². The second-order valence-electron chi connectivity index (χ2n) is 8.67. The van der Waals surface area contributed by atoms with Crippen LogP contribution in [0.5, 0.6) is 0 Å². The Morgan fingerprint density at radius 2 is 1.74 bits per heavy atom. The van der Waals surface area contributed by atoms with Crippen LogP contribution in [0, 0.1) is 5.92 Å². The van der Waals surface area contributed by atoms with Gasteiger partial charge in [0.05, 0.1) is 12.2 Å². The molecule has 0 radical (unpaired) electrons. The maximum absolute atomic E-state index is 5.11. The first-order chi connectivity index (χ1) is 15.1. The third kappa shape index (κ3) is 4.61. The zero-order valence-electron chi connectivity index (χ0n) is 17.6. The lowest BCUT2D eigenvalue weighted by atomic mass is 9.81. The second-order valence-corrected chi connectivity index (χ2v) is 11.3. The van der Waals surface area contributed by atoms with E-state index in [0.29, 0.717) is 9.24 Å². The van der Waals surface area contributed by atoms with E-state index in [9.17, 15) is 0 Å². The number of benzene rings is 2. The fourth-order valence-corrected chi connectivity index (χ4v) is 5.05. The minimum atomic E-state index is 0.275. The smallest absolute Gasteiger partial charge is 0.156 e. The van der Waals surface area contributed by atoms with Crippen molar-refractivity contribution in [1.82, 2.24) is 10.2 Å². The van der Waals surface area contributed by atoms with Crippen LogP contribution in [0.2, 0.25) is 0 Å². The molecule has 1 aromatic heterocycles. The maximum Gasteiger partial charge on any atom is 0.156 e. The fraction of sp³-hybridized carbons (Fsp3) is 0.292. The minimum Gasteiger partial charge on any atom is -0.343 e. The Morgan fingerprint density at radius 3 is 2.48 bits per heavy atom. The summed E-state index contributed by atoms with van der Waals surface area (Å²) in [6.07, 6.45) is 8.33. The average Bonchev–Trinajstić information content (AvgIpc) is 3.27. The quantitative estimate of drug-likeness (QED) is 0.299. The van der Waals surface area contributed by atoms with Crippen molar-refractivity contribution in [3.8, 4) is 11.1 Å². The van der Waals surface area contributed by atoms with Crippen LogP contribution in [-0.2, 0) is 0 Å². The van der Waals surface area contributed by atoms with Crippen molar-refractivity contribution in [3.63, 3.8) is 0 Å². The molecule has 156 valence electrons. The van der Waals surface area contributed by atoms with Gasteiger partial charge in [0, 0.05) is 28.9 Å². The lowest BCUT2D eigenvalue weighted by Gasteiger charge is -2.29. The van der Waals surface area contributed by atoms with Gasteiger partial charge in [0.15, 0.2) is 5.84 Å². The van der Waals surface area contributed by atoms with E-state index in [1.165, 1.54) is 12.8 Å². The van der Waals surface area contributed by atoms with Crippen molar-refractivity contribution in [2.45, 2.75) is 35.0 Å². The molecule has 1 fully saturated rings. The number of aromatic nitrogens is 2. The van der Waals surface area contributed by atoms with Gasteiger partial charge in [0.1, 0.15) is 13.7 Å². The number of amidine groups is 2. The van der Waals surface area contributed by atoms with Crippen LogP contribution < -0.4 is 5.32 Å². The SMILES string of the molecule is BC1(I)CCC2N=C(c3ccccc3)N=C(Nc3ccc(-c4cn[nH]c4)cc3)C2CC1. The van der Waals surface area contributed by atoms with E-state index in [1.807, 2.05) is 18.5 Å². The molecule has 5 rings (SSSR count). The van der Waals surface area contributed by atoms with E-state index in [1.54, 1.807) is 0 Å². The lowest BCUT2D eigenvalue weighted by molar-refractivity contribution is 0.497. The molecule has 7 heteroatoms. The number of halogens is 1. The van der Waals surface area contributed by atoms with Crippen molar-refractivity contribution in [1.29, 1.82) is 0 Å². The predicted octanol–water partition coefficient (Wildman–Crippen LogP) is 4.67. The van der Waals surface area contributed by atoms with Crippen LogP contribution in [0.25, 0.3) is 11.1 Å². The standard InChI is InChI=1S/C24H25BIN5/c25-24(26)12-10-20-21(11-13-24)30-22(17-4-2-1-3-5-17)31-23(20)29-19-8-6-16(7-9-19)18-14-27-28-15-18/h1-9,14-15,20-21H,10-13,25H2,(H,27,28)(H,29,30,31). The number of alkyl halides is 1. The molecule has 5 nitrogen and oxygen atoms in total. The van der Waals surface area contributed by atoms with Crippen LogP contribution in [0.1, 0.15) is 31.2 Å². The Morgan fingerprint density at radius 1 is 0.968 bits per heavy atom. The number of hydrogen-bond acceptors (Lipinski definition) is 4. The van der Waals surface area contributed by atoms with Crippen LogP contribution >= 0.6 is 22.6 Å². The highest BCUT2D eigenvalue weighted by Crippen LogP contribution is 2.38. The van der Waals surface area contributed by atoms with E-state index in [4.69, 9.17) is 9.98 Å². The number of rotatable bonds is 3. The van der Waals surface area contributed by atoms with Crippen LogP contribution in [0.3, 0.4) is 0 Å². The third-order valence-electron chi connectivity index (χ3n) is 6.29. The second kappa shape index (κ2) is 8.61. The number of aliphatic imine (C=N–C) groups is 2. The van der Waals surface area contributed by atoms with Gasteiger partial charge in [-0.3, -0.25) is 10.1 Å². The monoisotopic (exact) mass is 521 g/mol. The van der Waals surface area contributed by atoms with E-state index < -0.39 is 0 Å². The molecule has 1 aliphatic heterocycles. The summed E-state index contributed by atoms with van der Waals surface area (Å²) in [6.45, 7) is 0. The van der Waals surface area contributed by atoms with Crippen molar-refractivity contribution < 1.29 is 0 Å². The average molecular weight is 521 g/mol. The Bertz CT molecular complexity index is 1090. The first-order valence-electron chi connectivity index (χ1n) is 10.8. The molecule has 2 N–H and O–H groups in total. The Labute approximate surface area is 197 Å². The van der Waals surface area contributed by atoms with E-state index in [-0.39, 0.29) is 6.04 Å². The highest BCUT2D eigenvalue weighted by molar-refractivity contribution is 14.1. The van der Waals surface area contributed by atoms with Gasteiger partial charge in [-0.15, -0.1) is 0 Å².